The van der Waals surface area contributed by atoms with Gasteiger partial charge in [-0.3, -0.25) is 10.1 Å². The third kappa shape index (κ3) is 4.59. The van der Waals surface area contributed by atoms with Crippen LogP contribution in [0.4, 0.5) is 6.01 Å². The van der Waals surface area contributed by atoms with E-state index in [2.05, 4.69) is 15.5 Å². The zero-order valence-electron chi connectivity index (χ0n) is 15.2. The Morgan fingerprint density at radius 2 is 1.89 bits per heavy atom. The maximum atomic E-state index is 12.2. The van der Waals surface area contributed by atoms with E-state index in [1.165, 1.54) is 0 Å². The first-order valence-corrected chi connectivity index (χ1v) is 9.34. The molecule has 0 saturated heterocycles. The lowest BCUT2D eigenvalue weighted by Crippen LogP contribution is -2.14. The zero-order valence-corrected chi connectivity index (χ0v) is 16.0. The van der Waals surface area contributed by atoms with Crippen LogP contribution in [0.1, 0.15) is 5.56 Å². The Hall–Kier alpha value is -3.00. The van der Waals surface area contributed by atoms with Crippen molar-refractivity contribution in [3.63, 3.8) is 0 Å². The molecule has 1 aromatic heterocycles. The molecular weight excluding hydrogens is 366 g/mol. The average Bonchev–Trinajstić information content (AvgIpc) is 3.16. The number of thioether (sulfide) groups is 1. The molecule has 0 unspecified atom stereocenters. The smallest absolute Gasteiger partial charge is 0.322 e. The molecule has 1 N–H and O–H groups in total. The number of amides is 1. The molecule has 140 valence electrons. The monoisotopic (exact) mass is 385 g/mol. The van der Waals surface area contributed by atoms with E-state index >= 15 is 0 Å². The van der Waals surface area contributed by atoms with Crippen molar-refractivity contribution in [2.45, 2.75) is 11.3 Å². The first kappa shape index (κ1) is 18.8. The van der Waals surface area contributed by atoms with Crippen LogP contribution in [-0.4, -0.2) is 36.6 Å². The number of carbonyl (C=O) groups is 1. The van der Waals surface area contributed by atoms with Crippen LogP contribution < -0.4 is 14.8 Å². The molecule has 1 amide bonds. The summed E-state index contributed by atoms with van der Waals surface area (Å²) in [7, 11) is 3.11. The Kier molecular flexibility index (Phi) is 5.97. The molecule has 3 aromatic rings. The number of rotatable bonds is 7. The van der Waals surface area contributed by atoms with Crippen LogP contribution in [0.15, 0.2) is 51.8 Å². The Morgan fingerprint density at radius 3 is 2.56 bits per heavy atom. The molecule has 2 aromatic carbocycles. The molecule has 0 spiro atoms. The molecule has 8 heteroatoms. The summed E-state index contributed by atoms with van der Waals surface area (Å²) < 4.78 is 16.1. The van der Waals surface area contributed by atoms with Crippen LogP contribution >= 0.6 is 11.8 Å². The highest BCUT2D eigenvalue weighted by molar-refractivity contribution is 7.98. The summed E-state index contributed by atoms with van der Waals surface area (Å²) in [5, 5.41) is 10.5. The van der Waals surface area contributed by atoms with Crippen LogP contribution in [0.2, 0.25) is 0 Å². The van der Waals surface area contributed by atoms with Crippen LogP contribution in [0.3, 0.4) is 0 Å². The first-order chi connectivity index (χ1) is 13.1. The Balaban J connectivity index is 1.69. The second-order valence-electron chi connectivity index (χ2n) is 5.55. The summed E-state index contributed by atoms with van der Waals surface area (Å²) in [6.45, 7) is 0. The lowest BCUT2D eigenvalue weighted by molar-refractivity contribution is -0.115. The van der Waals surface area contributed by atoms with Gasteiger partial charge in [-0.1, -0.05) is 17.2 Å². The SMILES string of the molecule is COc1ccc(-c2nnc(NC(=O)Cc3ccc(SC)cc3)o2)c(OC)c1. The number of anilines is 1. The summed E-state index contributed by atoms with van der Waals surface area (Å²) in [6, 6.07) is 13.1. The van der Waals surface area contributed by atoms with Gasteiger partial charge < -0.3 is 13.9 Å². The van der Waals surface area contributed by atoms with Gasteiger partial charge in [0.05, 0.1) is 26.2 Å². The summed E-state index contributed by atoms with van der Waals surface area (Å²) in [6.07, 6.45) is 2.23. The fourth-order valence-corrected chi connectivity index (χ4v) is 2.86. The fourth-order valence-electron chi connectivity index (χ4n) is 2.45. The molecule has 0 fully saturated rings. The minimum absolute atomic E-state index is 0.0357. The highest BCUT2D eigenvalue weighted by atomic mass is 32.2. The summed E-state index contributed by atoms with van der Waals surface area (Å²) in [4.78, 5) is 13.4. The number of nitrogens with one attached hydrogen (secondary N) is 1. The van der Waals surface area contributed by atoms with E-state index in [0.29, 0.717) is 17.1 Å². The molecule has 3 rings (SSSR count). The molecule has 0 bridgehead atoms. The van der Waals surface area contributed by atoms with Gasteiger partial charge in [-0.05, 0) is 36.1 Å². The molecule has 0 aliphatic heterocycles. The largest absolute Gasteiger partial charge is 0.497 e. The quantitative estimate of drug-likeness (QED) is 0.621. The highest BCUT2D eigenvalue weighted by Gasteiger charge is 2.16. The number of methoxy groups -OCH3 is 2. The van der Waals surface area contributed by atoms with E-state index in [1.54, 1.807) is 44.2 Å². The van der Waals surface area contributed by atoms with Crippen molar-refractivity contribution in [1.29, 1.82) is 0 Å². The van der Waals surface area contributed by atoms with Gasteiger partial charge in [0.2, 0.25) is 5.91 Å². The van der Waals surface area contributed by atoms with Crippen LogP contribution in [-0.2, 0) is 11.2 Å². The normalized spacial score (nSPS) is 10.5. The first-order valence-electron chi connectivity index (χ1n) is 8.11. The van der Waals surface area contributed by atoms with Crippen molar-refractivity contribution in [1.82, 2.24) is 10.2 Å². The minimum atomic E-state index is -0.233. The van der Waals surface area contributed by atoms with Gasteiger partial charge in [0.25, 0.3) is 5.89 Å². The van der Waals surface area contributed by atoms with Gasteiger partial charge >= 0.3 is 6.01 Å². The zero-order chi connectivity index (χ0) is 19.2. The van der Waals surface area contributed by atoms with Crippen LogP contribution in [0, 0.1) is 0 Å². The number of aromatic nitrogens is 2. The van der Waals surface area contributed by atoms with Crippen molar-refractivity contribution in [3.8, 4) is 23.0 Å². The van der Waals surface area contributed by atoms with Gasteiger partial charge in [-0.25, -0.2) is 0 Å². The Bertz CT molecular complexity index is 925. The predicted octanol–water partition coefficient (Wildman–Crippen LogP) is 3.66. The van der Waals surface area contributed by atoms with Crippen molar-refractivity contribution >= 4 is 23.7 Å². The van der Waals surface area contributed by atoms with Gasteiger partial charge in [-0.15, -0.1) is 16.9 Å². The molecule has 27 heavy (non-hydrogen) atoms. The third-order valence-corrected chi connectivity index (χ3v) is 4.58. The molecule has 0 radical (unpaired) electrons. The number of hydrogen-bond acceptors (Lipinski definition) is 7. The Labute approximate surface area is 161 Å². The van der Waals surface area contributed by atoms with Crippen molar-refractivity contribution in [2.75, 3.05) is 25.8 Å². The lowest BCUT2D eigenvalue weighted by atomic mass is 10.1. The molecule has 0 aliphatic rings. The van der Waals surface area contributed by atoms with E-state index in [4.69, 9.17) is 13.9 Å². The summed E-state index contributed by atoms with van der Waals surface area (Å²) in [5.74, 6) is 1.19. The molecule has 1 heterocycles. The van der Waals surface area contributed by atoms with Crippen molar-refractivity contribution in [3.05, 3.63) is 48.0 Å². The number of hydrogen-bond donors (Lipinski definition) is 1. The Morgan fingerprint density at radius 1 is 1.11 bits per heavy atom. The van der Waals surface area contributed by atoms with Gasteiger partial charge in [-0.2, -0.15) is 0 Å². The molecule has 0 aliphatic carbocycles. The van der Waals surface area contributed by atoms with E-state index in [0.717, 1.165) is 10.5 Å². The van der Waals surface area contributed by atoms with Crippen LogP contribution in [0.5, 0.6) is 11.5 Å². The lowest BCUT2D eigenvalue weighted by Gasteiger charge is -2.07. The van der Waals surface area contributed by atoms with Crippen LogP contribution in [0.25, 0.3) is 11.5 Å². The van der Waals surface area contributed by atoms with Crippen molar-refractivity contribution in [2.24, 2.45) is 0 Å². The van der Waals surface area contributed by atoms with Gasteiger partial charge in [0.15, 0.2) is 0 Å². The standard InChI is InChI=1S/C19H19N3O4S/c1-24-13-6-9-15(16(11-13)25-2)18-21-22-19(26-18)20-17(23)10-12-4-7-14(27-3)8-5-12/h4-9,11H,10H2,1-3H3,(H,20,22,23). The maximum absolute atomic E-state index is 12.2. The van der Waals surface area contributed by atoms with Crippen molar-refractivity contribution < 1.29 is 18.7 Å². The topological polar surface area (TPSA) is 86.5 Å². The second-order valence-corrected chi connectivity index (χ2v) is 6.43. The van der Waals surface area contributed by atoms with E-state index < -0.39 is 0 Å². The van der Waals surface area contributed by atoms with E-state index in [-0.39, 0.29) is 24.2 Å². The fraction of sp³-hybridized carbons (Fsp3) is 0.211. The summed E-state index contributed by atoms with van der Waals surface area (Å²) >= 11 is 1.65. The number of nitrogens with zero attached hydrogens (tertiary/aromatic N) is 2. The molecule has 0 saturated carbocycles. The molecule has 7 nitrogen and oxygen atoms in total. The number of ether oxygens (including phenoxy) is 2. The minimum Gasteiger partial charge on any atom is -0.497 e. The maximum Gasteiger partial charge on any atom is 0.322 e. The third-order valence-electron chi connectivity index (χ3n) is 3.83. The average molecular weight is 385 g/mol. The number of benzene rings is 2. The van der Waals surface area contributed by atoms with Gasteiger partial charge in [0, 0.05) is 11.0 Å². The highest BCUT2D eigenvalue weighted by Crippen LogP contribution is 2.33. The van der Waals surface area contributed by atoms with E-state index in [1.807, 2.05) is 30.5 Å². The number of carbonyl (C=O) groups excluding carboxylic acids is 1. The molecule has 0 atom stereocenters. The van der Waals surface area contributed by atoms with E-state index in [9.17, 15) is 4.79 Å². The predicted molar refractivity (Wildman–Crippen MR) is 103 cm³/mol. The molecular formula is C19H19N3O4S. The van der Waals surface area contributed by atoms with Gasteiger partial charge in [0.1, 0.15) is 11.5 Å². The second kappa shape index (κ2) is 8.59. The summed E-state index contributed by atoms with van der Waals surface area (Å²) in [5.41, 5.74) is 1.51.